The van der Waals surface area contributed by atoms with Gasteiger partial charge < -0.3 is 9.84 Å². The molecule has 76 valence electrons. The zero-order chi connectivity index (χ0) is 10.4. The minimum atomic E-state index is -1.42. The van der Waals surface area contributed by atoms with Gasteiger partial charge in [0, 0.05) is 11.4 Å². The molecule has 3 nitrogen and oxygen atoms in total. The van der Waals surface area contributed by atoms with Gasteiger partial charge >= 0.3 is 0 Å². The van der Waals surface area contributed by atoms with Gasteiger partial charge in [0.2, 0.25) is 12.1 Å². The topological polar surface area (TPSA) is 46.5 Å². The molecule has 0 amide bonds. The monoisotopic (exact) mass is 214 g/mol. The Balaban J connectivity index is 2.57. The van der Waals surface area contributed by atoms with E-state index in [-0.39, 0.29) is 12.5 Å². The first-order chi connectivity index (χ1) is 6.75. The van der Waals surface area contributed by atoms with Crippen molar-refractivity contribution >= 4 is 17.4 Å². The van der Waals surface area contributed by atoms with E-state index in [0.717, 1.165) is 0 Å². The molecule has 0 radical (unpaired) electrons. The molecule has 0 heterocycles. The second kappa shape index (κ2) is 5.75. The molecule has 1 rings (SSSR count). The van der Waals surface area contributed by atoms with Crippen LogP contribution in [0.25, 0.3) is 0 Å². The molecule has 14 heavy (non-hydrogen) atoms. The zero-order valence-electron chi connectivity index (χ0n) is 7.52. The fourth-order valence-corrected chi connectivity index (χ4v) is 1.07. The number of carbonyl (C=O) groups is 1. The average Bonchev–Trinajstić information content (AvgIpc) is 2.26. The van der Waals surface area contributed by atoms with Crippen molar-refractivity contribution in [2.75, 3.05) is 12.5 Å². The number of aliphatic hydroxyl groups excluding tert-OH is 1. The summed E-state index contributed by atoms with van der Waals surface area (Å²) >= 11 is 5.35. The Labute approximate surface area is 87.3 Å². The predicted molar refractivity (Wildman–Crippen MR) is 53.5 cm³/mol. The minimum Gasteiger partial charge on any atom is -0.362 e. The Hall–Kier alpha value is -0.900. The van der Waals surface area contributed by atoms with Crippen molar-refractivity contribution in [3.05, 3.63) is 35.9 Å². The van der Waals surface area contributed by atoms with Crippen LogP contribution in [0.5, 0.6) is 0 Å². The molecule has 1 atom stereocenters. The number of aliphatic hydroxyl groups is 1. The van der Waals surface area contributed by atoms with E-state index in [9.17, 15) is 9.90 Å². The van der Waals surface area contributed by atoms with E-state index in [0.29, 0.717) is 5.56 Å². The van der Waals surface area contributed by atoms with Crippen molar-refractivity contribution in [2.45, 2.75) is 6.29 Å². The third-order valence-corrected chi connectivity index (χ3v) is 1.79. The molecule has 0 aliphatic carbocycles. The van der Waals surface area contributed by atoms with Gasteiger partial charge in [-0.05, 0) is 0 Å². The Morgan fingerprint density at radius 2 is 2.07 bits per heavy atom. The number of ether oxygens (including phenoxy) is 1. The van der Waals surface area contributed by atoms with Crippen LogP contribution in [-0.2, 0) is 4.74 Å². The lowest BCUT2D eigenvalue weighted by Crippen LogP contribution is -2.24. The lowest BCUT2D eigenvalue weighted by atomic mass is 10.1. The molecule has 0 aromatic heterocycles. The minimum absolute atomic E-state index is 0.154. The van der Waals surface area contributed by atoms with Crippen LogP contribution < -0.4 is 0 Å². The standard InChI is InChI=1S/C10H11ClO3/c11-6-7-14-10(13)9(12)8-4-2-1-3-5-8/h1-5,10,13H,6-7H2. The summed E-state index contributed by atoms with van der Waals surface area (Å²) in [6.07, 6.45) is -1.42. The molecule has 0 aliphatic heterocycles. The predicted octanol–water partition coefficient (Wildman–Crippen LogP) is 1.44. The molecule has 1 N–H and O–H groups in total. The van der Waals surface area contributed by atoms with Crippen molar-refractivity contribution in [1.29, 1.82) is 0 Å². The van der Waals surface area contributed by atoms with Crippen LogP contribution in [0.3, 0.4) is 0 Å². The third kappa shape index (κ3) is 3.10. The average molecular weight is 215 g/mol. The molecule has 0 fully saturated rings. The van der Waals surface area contributed by atoms with Crippen molar-refractivity contribution < 1.29 is 14.6 Å². The van der Waals surface area contributed by atoms with Crippen LogP contribution in [0.4, 0.5) is 0 Å². The summed E-state index contributed by atoms with van der Waals surface area (Å²) in [4.78, 5) is 11.4. The van der Waals surface area contributed by atoms with Gasteiger partial charge in [0.25, 0.3) is 0 Å². The van der Waals surface area contributed by atoms with Crippen molar-refractivity contribution in [1.82, 2.24) is 0 Å². The number of rotatable bonds is 5. The number of benzene rings is 1. The highest BCUT2D eigenvalue weighted by atomic mass is 35.5. The molecule has 1 unspecified atom stereocenters. The van der Waals surface area contributed by atoms with Gasteiger partial charge in [-0.1, -0.05) is 30.3 Å². The SMILES string of the molecule is O=C(c1ccccc1)C(O)OCCCl. The van der Waals surface area contributed by atoms with Gasteiger partial charge in [0.1, 0.15) is 0 Å². The van der Waals surface area contributed by atoms with E-state index in [2.05, 4.69) is 0 Å². The Bertz CT molecular complexity index is 287. The Morgan fingerprint density at radius 1 is 1.43 bits per heavy atom. The lowest BCUT2D eigenvalue weighted by Gasteiger charge is -2.09. The first-order valence-corrected chi connectivity index (χ1v) is 4.74. The van der Waals surface area contributed by atoms with Crippen LogP contribution in [0.2, 0.25) is 0 Å². The molecule has 0 aliphatic rings. The van der Waals surface area contributed by atoms with Crippen LogP contribution in [0.1, 0.15) is 10.4 Å². The van der Waals surface area contributed by atoms with Crippen molar-refractivity contribution in [3.63, 3.8) is 0 Å². The number of ketones is 1. The lowest BCUT2D eigenvalue weighted by molar-refractivity contribution is -0.0668. The largest absolute Gasteiger partial charge is 0.362 e. The molecule has 0 saturated carbocycles. The van der Waals surface area contributed by atoms with E-state index in [1.807, 2.05) is 0 Å². The zero-order valence-corrected chi connectivity index (χ0v) is 8.28. The van der Waals surface area contributed by atoms with Gasteiger partial charge in [-0.2, -0.15) is 0 Å². The first-order valence-electron chi connectivity index (χ1n) is 4.20. The van der Waals surface area contributed by atoms with Gasteiger partial charge in [0.15, 0.2) is 0 Å². The molecule has 0 saturated heterocycles. The van der Waals surface area contributed by atoms with Gasteiger partial charge in [-0.15, -0.1) is 11.6 Å². The number of hydrogen-bond acceptors (Lipinski definition) is 3. The first kappa shape index (κ1) is 11.2. The number of halogens is 1. The normalized spacial score (nSPS) is 12.4. The van der Waals surface area contributed by atoms with Crippen molar-refractivity contribution in [3.8, 4) is 0 Å². The molecule has 0 bridgehead atoms. The second-order valence-corrected chi connectivity index (χ2v) is 3.02. The van der Waals surface area contributed by atoms with Crippen LogP contribution in [-0.4, -0.2) is 29.7 Å². The van der Waals surface area contributed by atoms with E-state index in [1.54, 1.807) is 30.3 Å². The van der Waals surface area contributed by atoms with Gasteiger partial charge in [-0.25, -0.2) is 0 Å². The van der Waals surface area contributed by atoms with E-state index < -0.39 is 12.1 Å². The molecular weight excluding hydrogens is 204 g/mol. The molecule has 1 aromatic carbocycles. The highest BCUT2D eigenvalue weighted by Crippen LogP contribution is 2.04. The fourth-order valence-electron chi connectivity index (χ4n) is 0.977. The summed E-state index contributed by atoms with van der Waals surface area (Å²) < 4.78 is 4.78. The summed E-state index contributed by atoms with van der Waals surface area (Å²) in [5.41, 5.74) is 0.426. The Morgan fingerprint density at radius 3 is 2.64 bits per heavy atom. The van der Waals surface area contributed by atoms with Gasteiger partial charge in [-0.3, -0.25) is 4.79 Å². The summed E-state index contributed by atoms with van der Waals surface area (Å²) in [7, 11) is 0. The smallest absolute Gasteiger partial charge is 0.220 e. The highest BCUT2D eigenvalue weighted by Gasteiger charge is 2.16. The molecule has 0 spiro atoms. The van der Waals surface area contributed by atoms with E-state index in [4.69, 9.17) is 16.3 Å². The van der Waals surface area contributed by atoms with Crippen LogP contribution >= 0.6 is 11.6 Å². The number of hydrogen-bond donors (Lipinski definition) is 1. The molecule has 1 aromatic rings. The fraction of sp³-hybridized carbons (Fsp3) is 0.300. The Kier molecular flexibility index (Phi) is 4.59. The molecule has 4 heteroatoms. The van der Waals surface area contributed by atoms with Crippen LogP contribution in [0.15, 0.2) is 30.3 Å². The van der Waals surface area contributed by atoms with Crippen LogP contribution in [0, 0.1) is 0 Å². The third-order valence-electron chi connectivity index (χ3n) is 1.64. The number of carbonyl (C=O) groups excluding carboxylic acids is 1. The molecular formula is C10H11ClO3. The maximum Gasteiger partial charge on any atom is 0.220 e. The maximum absolute atomic E-state index is 11.4. The summed E-state index contributed by atoms with van der Waals surface area (Å²) in [5, 5.41) is 9.27. The number of Topliss-reactive ketones (excluding diaryl/α,β-unsaturated/α-hetero) is 1. The van der Waals surface area contributed by atoms with E-state index in [1.165, 1.54) is 0 Å². The maximum atomic E-state index is 11.4. The summed E-state index contributed by atoms with van der Waals surface area (Å²) in [5.74, 6) is -0.199. The quantitative estimate of drug-likeness (QED) is 0.458. The second-order valence-electron chi connectivity index (χ2n) is 2.64. The number of alkyl halides is 1. The van der Waals surface area contributed by atoms with Gasteiger partial charge in [0.05, 0.1) is 6.61 Å². The van der Waals surface area contributed by atoms with Crippen molar-refractivity contribution in [2.24, 2.45) is 0 Å². The summed E-state index contributed by atoms with van der Waals surface area (Å²) in [6.45, 7) is 0.154. The summed E-state index contributed by atoms with van der Waals surface area (Å²) in [6, 6.07) is 8.48. The van der Waals surface area contributed by atoms with E-state index >= 15 is 0 Å². The highest BCUT2D eigenvalue weighted by molar-refractivity contribution is 6.18.